The van der Waals surface area contributed by atoms with Gasteiger partial charge in [-0.1, -0.05) is 29.3 Å². The summed E-state index contributed by atoms with van der Waals surface area (Å²) in [5.41, 5.74) is 2.56. The van der Waals surface area contributed by atoms with Crippen molar-refractivity contribution in [3.05, 3.63) is 76.0 Å². The number of hydrogen-bond acceptors (Lipinski definition) is 4. The van der Waals surface area contributed by atoms with Gasteiger partial charge in [-0.15, -0.1) is 0 Å². The second kappa shape index (κ2) is 7.51. The molecule has 0 bridgehead atoms. The average molecular weight is 373 g/mol. The highest BCUT2D eigenvalue weighted by Crippen LogP contribution is 2.21. The molecule has 0 fully saturated rings. The van der Waals surface area contributed by atoms with Crippen LogP contribution >= 0.6 is 23.2 Å². The first-order chi connectivity index (χ1) is 12.0. The molecule has 0 atom stereocenters. The first-order valence-corrected chi connectivity index (χ1v) is 8.20. The number of amides is 1. The minimum absolute atomic E-state index is 0.242. The van der Waals surface area contributed by atoms with E-state index in [0.29, 0.717) is 21.7 Å². The summed E-state index contributed by atoms with van der Waals surface area (Å²) < 4.78 is 0. The Balaban J connectivity index is 1.77. The summed E-state index contributed by atoms with van der Waals surface area (Å²) in [6.45, 7) is 1.89. The van der Waals surface area contributed by atoms with Gasteiger partial charge in [-0.25, -0.2) is 9.97 Å². The molecule has 0 aliphatic carbocycles. The molecule has 25 heavy (non-hydrogen) atoms. The Labute approximate surface area is 155 Å². The average Bonchev–Trinajstić information content (AvgIpc) is 2.60. The van der Waals surface area contributed by atoms with Crippen LogP contribution in [0.15, 0.2) is 54.7 Å². The van der Waals surface area contributed by atoms with Gasteiger partial charge in [-0.05, 0) is 55.0 Å². The summed E-state index contributed by atoms with van der Waals surface area (Å²) >= 11 is 11.8. The highest BCUT2D eigenvalue weighted by atomic mass is 35.5. The number of anilines is 3. The van der Waals surface area contributed by atoms with Crippen LogP contribution in [0.1, 0.15) is 16.1 Å². The molecule has 5 nitrogen and oxygen atoms in total. The molecular formula is C18H14Cl2N4O. The summed E-state index contributed by atoms with van der Waals surface area (Å²) in [6, 6.07) is 14.0. The van der Waals surface area contributed by atoms with E-state index in [0.717, 1.165) is 11.3 Å². The number of hydrogen-bond donors (Lipinski definition) is 2. The Kier molecular flexibility index (Phi) is 5.16. The van der Waals surface area contributed by atoms with E-state index in [1.54, 1.807) is 42.5 Å². The van der Waals surface area contributed by atoms with E-state index in [2.05, 4.69) is 20.6 Å². The van der Waals surface area contributed by atoms with Gasteiger partial charge in [-0.3, -0.25) is 4.79 Å². The maximum Gasteiger partial charge on any atom is 0.274 e. The lowest BCUT2D eigenvalue weighted by molar-refractivity contribution is 0.102. The number of aromatic nitrogens is 2. The summed E-state index contributed by atoms with van der Waals surface area (Å²) in [5, 5.41) is 7.02. The zero-order chi connectivity index (χ0) is 17.8. The normalized spacial score (nSPS) is 10.4. The molecule has 1 aromatic heterocycles. The highest BCUT2D eigenvalue weighted by molar-refractivity contribution is 6.31. The van der Waals surface area contributed by atoms with Crippen LogP contribution in [-0.4, -0.2) is 15.9 Å². The van der Waals surface area contributed by atoms with Gasteiger partial charge in [0.1, 0.15) is 5.69 Å². The molecular weight excluding hydrogens is 359 g/mol. The summed E-state index contributed by atoms with van der Waals surface area (Å²) in [7, 11) is 0. The molecule has 126 valence electrons. The van der Waals surface area contributed by atoms with Crippen molar-refractivity contribution in [2.75, 3.05) is 10.6 Å². The summed E-state index contributed by atoms with van der Waals surface area (Å²) in [5.74, 6) is -0.0234. The number of nitrogens with zero attached hydrogens (tertiary/aromatic N) is 2. The van der Waals surface area contributed by atoms with Crippen molar-refractivity contribution >= 4 is 46.4 Å². The maximum atomic E-state index is 12.4. The molecule has 2 N–H and O–H groups in total. The fourth-order valence-corrected chi connectivity index (χ4v) is 2.42. The zero-order valence-corrected chi connectivity index (χ0v) is 14.8. The molecule has 3 aromatic rings. The number of carbonyl (C=O) groups excluding carboxylic acids is 1. The molecule has 0 saturated carbocycles. The van der Waals surface area contributed by atoms with Gasteiger partial charge in [0.25, 0.3) is 5.91 Å². The number of benzene rings is 2. The van der Waals surface area contributed by atoms with Crippen molar-refractivity contribution < 1.29 is 4.79 Å². The quantitative estimate of drug-likeness (QED) is 0.669. The van der Waals surface area contributed by atoms with Gasteiger partial charge in [-0.2, -0.15) is 0 Å². The van der Waals surface area contributed by atoms with Gasteiger partial charge in [0.2, 0.25) is 5.95 Å². The van der Waals surface area contributed by atoms with E-state index in [9.17, 15) is 4.79 Å². The molecule has 0 aliphatic heterocycles. The Morgan fingerprint density at radius 3 is 2.48 bits per heavy atom. The smallest absolute Gasteiger partial charge is 0.274 e. The molecule has 0 unspecified atom stereocenters. The van der Waals surface area contributed by atoms with Gasteiger partial charge in [0, 0.05) is 27.6 Å². The second-order valence-electron chi connectivity index (χ2n) is 5.31. The number of carbonyl (C=O) groups is 1. The van der Waals surface area contributed by atoms with Crippen LogP contribution in [0.5, 0.6) is 0 Å². The summed E-state index contributed by atoms with van der Waals surface area (Å²) in [4.78, 5) is 20.8. The number of aryl methyl sites for hydroxylation is 1. The van der Waals surface area contributed by atoms with Crippen LogP contribution in [0.3, 0.4) is 0 Å². The van der Waals surface area contributed by atoms with E-state index < -0.39 is 0 Å². The first kappa shape index (κ1) is 17.2. The summed E-state index contributed by atoms with van der Waals surface area (Å²) in [6.07, 6.45) is 1.52. The Hall–Kier alpha value is -2.63. The molecule has 0 aliphatic rings. The lowest BCUT2D eigenvalue weighted by Crippen LogP contribution is -2.15. The standard InChI is InChI=1S/C18H14Cl2N4O/c1-11-2-3-13(20)10-16(11)23-17(25)15-8-9-21-18(24-15)22-14-6-4-12(19)5-7-14/h2-10H,1H3,(H,23,25)(H,21,22,24). The van der Waals surface area contributed by atoms with Crippen LogP contribution in [-0.2, 0) is 0 Å². The minimum Gasteiger partial charge on any atom is -0.324 e. The number of rotatable bonds is 4. The Morgan fingerprint density at radius 1 is 1.00 bits per heavy atom. The molecule has 3 rings (SSSR count). The van der Waals surface area contributed by atoms with Crippen LogP contribution < -0.4 is 10.6 Å². The van der Waals surface area contributed by atoms with Crippen molar-refractivity contribution in [3.8, 4) is 0 Å². The predicted octanol–water partition coefficient (Wildman–Crippen LogP) is 5.09. The molecule has 1 amide bonds. The monoisotopic (exact) mass is 372 g/mol. The minimum atomic E-state index is -0.341. The lowest BCUT2D eigenvalue weighted by Gasteiger charge is -2.09. The fraction of sp³-hybridized carbons (Fsp3) is 0.0556. The maximum absolute atomic E-state index is 12.4. The molecule has 0 spiro atoms. The van der Waals surface area contributed by atoms with Gasteiger partial charge >= 0.3 is 0 Å². The van der Waals surface area contributed by atoms with Gasteiger partial charge in [0.05, 0.1) is 0 Å². The van der Waals surface area contributed by atoms with Crippen molar-refractivity contribution in [2.24, 2.45) is 0 Å². The third kappa shape index (κ3) is 4.47. The SMILES string of the molecule is Cc1ccc(Cl)cc1NC(=O)c1ccnc(Nc2ccc(Cl)cc2)n1. The topological polar surface area (TPSA) is 66.9 Å². The molecule has 1 heterocycles. The lowest BCUT2D eigenvalue weighted by atomic mass is 10.2. The van der Waals surface area contributed by atoms with Crippen LogP contribution in [0.2, 0.25) is 10.0 Å². The highest BCUT2D eigenvalue weighted by Gasteiger charge is 2.11. The van der Waals surface area contributed by atoms with Crippen molar-refractivity contribution in [1.29, 1.82) is 0 Å². The Bertz CT molecular complexity index is 913. The van der Waals surface area contributed by atoms with Crippen LogP contribution in [0.25, 0.3) is 0 Å². The van der Waals surface area contributed by atoms with Gasteiger partial charge < -0.3 is 10.6 Å². The van der Waals surface area contributed by atoms with E-state index in [1.807, 2.05) is 13.0 Å². The first-order valence-electron chi connectivity index (χ1n) is 7.44. The van der Waals surface area contributed by atoms with Crippen molar-refractivity contribution in [3.63, 3.8) is 0 Å². The Morgan fingerprint density at radius 2 is 1.72 bits per heavy atom. The molecule has 0 radical (unpaired) electrons. The molecule has 7 heteroatoms. The number of halogens is 2. The van der Waals surface area contributed by atoms with E-state index in [1.165, 1.54) is 6.20 Å². The number of nitrogens with one attached hydrogen (secondary N) is 2. The van der Waals surface area contributed by atoms with Crippen LogP contribution in [0.4, 0.5) is 17.3 Å². The van der Waals surface area contributed by atoms with Crippen LogP contribution in [0, 0.1) is 6.92 Å². The molecule has 0 saturated heterocycles. The van der Waals surface area contributed by atoms with Crippen molar-refractivity contribution in [2.45, 2.75) is 6.92 Å². The van der Waals surface area contributed by atoms with E-state index >= 15 is 0 Å². The van der Waals surface area contributed by atoms with Gasteiger partial charge in [0.15, 0.2) is 0 Å². The molecule has 2 aromatic carbocycles. The third-order valence-electron chi connectivity index (χ3n) is 3.44. The fourth-order valence-electron chi connectivity index (χ4n) is 2.12. The second-order valence-corrected chi connectivity index (χ2v) is 6.18. The van der Waals surface area contributed by atoms with E-state index in [-0.39, 0.29) is 11.6 Å². The van der Waals surface area contributed by atoms with Crippen molar-refractivity contribution in [1.82, 2.24) is 9.97 Å². The zero-order valence-electron chi connectivity index (χ0n) is 13.3. The largest absolute Gasteiger partial charge is 0.324 e. The third-order valence-corrected chi connectivity index (χ3v) is 3.92. The predicted molar refractivity (Wildman–Crippen MR) is 101 cm³/mol. The van der Waals surface area contributed by atoms with E-state index in [4.69, 9.17) is 23.2 Å².